The molecule has 0 aliphatic carbocycles. The Hall–Kier alpha value is -2.80. The number of nitrogens with zero attached hydrogens (tertiary/aromatic N) is 5. The summed E-state index contributed by atoms with van der Waals surface area (Å²) in [6.07, 6.45) is 0.933. The van der Waals surface area contributed by atoms with Gasteiger partial charge in [-0.3, -0.25) is 0 Å². The lowest BCUT2D eigenvalue weighted by molar-refractivity contribution is -0.927. The fraction of sp³-hybridized carbons (Fsp3) is 0.435. The highest BCUT2D eigenvalue weighted by Crippen LogP contribution is 2.25. The molecule has 6 nitrogen and oxygen atoms in total. The van der Waals surface area contributed by atoms with Crippen molar-refractivity contribution in [2.75, 3.05) is 31.1 Å². The number of quaternary nitrogens is 1. The first-order valence-corrected chi connectivity index (χ1v) is 10.7. The van der Waals surface area contributed by atoms with Gasteiger partial charge in [0.25, 0.3) is 0 Å². The molecule has 7 heteroatoms. The maximum Gasteiger partial charge on any atom is 0.214 e. The molecule has 0 saturated carbocycles. The van der Waals surface area contributed by atoms with Crippen molar-refractivity contribution in [1.82, 2.24) is 20.2 Å². The van der Waals surface area contributed by atoms with Crippen LogP contribution in [0.5, 0.6) is 0 Å². The summed E-state index contributed by atoms with van der Waals surface area (Å²) in [5.41, 5.74) is 1.72. The highest BCUT2D eigenvalue weighted by Gasteiger charge is 2.37. The summed E-state index contributed by atoms with van der Waals surface area (Å²) in [5, 5.41) is 12.9. The topological polar surface area (TPSA) is 51.3 Å². The molecule has 2 heterocycles. The van der Waals surface area contributed by atoms with Gasteiger partial charge in [-0.15, -0.1) is 5.10 Å². The second kappa shape index (κ2) is 8.52. The molecular formula is C23H30FN6+. The van der Waals surface area contributed by atoms with Crippen molar-refractivity contribution in [1.29, 1.82) is 0 Å². The molecule has 0 amide bonds. The SMILES string of the molecule is CCC(C)(C)n1nnnc1[C@@H](c1ccccc1)[NH+]1CCN(c2ccccc2F)CC1. The van der Waals surface area contributed by atoms with Crippen LogP contribution in [0.2, 0.25) is 0 Å². The Morgan fingerprint density at radius 1 is 1.03 bits per heavy atom. The minimum Gasteiger partial charge on any atom is -0.358 e. The number of nitrogens with one attached hydrogen (secondary N) is 1. The fourth-order valence-corrected chi connectivity index (χ4v) is 4.20. The van der Waals surface area contributed by atoms with Crippen LogP contribution in [-0.2, 0) is 5.54 Å². The average Bonchev–Trinajstić information content (AvgIpc) is 3.26. The lowest BCUT2D eigenvalue weighted by atomic mass is 9.99. The molecular weight excluding hydrogens is 379 g/mol. The highest BCUT2D eigenvalue weighted by atomic mass is 19.1. The first-order chi connectivity index (χ1) is 14.5. The average molecular weight is 410 g/mol. The van der Waals surface area contributed by atoms with Crippen LogP contribution in [0.25, 0.3) is 0 Å². The van der Waals surface area contributed by atoms with Gasteiger partial charge in [0.1, 0.15) is 5.82 Å². The van der Waals surface area contributed by atoms with E-state index in [0.717, 1.165) is 38.4 Å². The zero-order valence-corrected chi connectivity index (χ0v) is 17.9. The number of halogens is 1. The number of anilines is 1. The van der Waals surface area contributed by atoms with E-state index in [-0.39, 0.29) is 17.4 Å². The van der Waals surface area contributed by atoms with Crippen molar-refractivity contribution in [3.05, 3.63) is 71.8 Å². The summed E-state index contributed by atoms with van der Waals surface area (Å²) in [4.78, 5) is 3.54. The molecule has 0 radical (unpaired) electrons. The summed E-state index contributed by atoms with van der Waals surface area (Å²) in [7, 11) is 0. The zero-order valence-electron chi connectivity index (χ0n) is 17.9. The van der Waals surface area contributed by atoms with E-state index < -0.39 is 0 Å². The molecule has 0 bridgehead atoms. The Morgan fingerprint density at radius 3 is 2.37 bits per heavy atom. The van der Waals surface area contributed by atoms with Crippen molar-refractivity contribution in [3.63, 3.8) is 0 Å². The molecule has 2 aromatic carbocycles. The Bertz CT molecular complexity index is 963. The van der Waals surface area contributed by atoms with E-state index in [1.807, 2.05) is 22.9 Å². The number of rotatable bonds is 6. The lowest BCUT2D eigenvalue weighted by Crippen LogP contribution is -3.15. The third-order valence-corrected chi connectivity index (χ3v) is 6.33. The van der Waals surface area contributed by atoms with Gasteiger partial charge in [-0.05, 0) is 42.8 Å². The van der Waals surface area contributed by atoms with Crippen molar-refractivity contribution < 1.29 is 9.29 Å². The molecule has 1 aromatic heterocycles. The van der Waals surface area contributed by atoms with Gasteiger partial charge in [0.15, 0.2) is 6.04 Å². The smallest absolute Gasteiger partial charge is 0.214 e. The third kappa shape index (κ3) is 3.94. The van der Waals surface area contributed by atoms with Gasteiger partial charge in [-0.25, -0.2) is 9.07 Å². The Morgan fingerprint density at radius 2 is 1.70 bits per heavy atom. The molecule has 1 fully saturated rings. The predicted molar refractivity (Wildman–Crippen MR) is 115 cm³/mol. The van der Waals surface area contributed by atoms with Crippen LogP contribution in [0.3, 0.4) is 0 Å². The Labute approximate surface area is 177 Å². The van der Waals surface area contributed by atoms with Crippen LogP contribution in [-0.4, -0.2) is 46.4 Å². The summed E-state index contributed by atoms with van der Waals surface area (Å²) in [6, 6.07) is 17.5. The standard InChI is InChI=1S/C23H29FN6/c1-4-23(2,3)30-22(25-26-27-30)21(18-10-6-5-7-11-18)29-16-14-28(15-17-29)20-13-9-8-12-19(20)24/h5-13,21H,4,14-17H2,1-3H3/p+1/t21-/m1/s1. The monoisotopic (exact) mass is 409 g/mol. The van der Waals surface area contributed by atoms with Crippen LogP contribution in [0, 0.1) is 5.82 Å². The summed E-state index contributed by atoms with van der Waals surface area (Å²) < 4.78 is 16.2. The summed E-state index contributed by atoms with van der Waals surface area (Å²) in [6.45, 7) is 9.83. The first kappa shape index (κ1) is 20.5. The third-order valence-electron chi connectivity index (χ3n) is 6.33. The first-order valence-electron chi connectivity index (χ1n) is 10.7. The van der Waals surface area contributed by atoms with Crippen LogP contribution in [0.4, 0.5) is 10.1 Å². The summed E-state index contributed by atoms with van der Waals surface area (Å²) >= 11 is 0. The van der Waals surface area contributed by atoms with E-state index in [9.17, 15) is 4.39 Å². The molecule has 1 aliphatic heterocycles. The Balaban J connectivity index is 1.63. The normalized spacial score (nSPS) is 16.6. The van der Waals surface area contributed by atoms with E-state index in [2.05, 4.69) is 65.5 Å². The number of hydrogen-bond donors (Lipinski definition) is 1. The second-order valence-electron chi connectivity index (χ2n) is 8.56. The zero-order chi connectivity index (χ0) is 21.1. The van der Waals surface area contributed by atoms with Gasteiger partial charge >= 0.3 is 0 Å². The van der Waals surface area contributed by atoms with Crippen molar-refractivity contribution in [2.45, 2.75) is 38.8 Å². The molecule has 158 valence electrons. The lowest BCUT2D eigenvalue weighted by Gasteiger charge is -2.38. The predicted octanol–water partition coefficient (Wildman–Crippen LogP) is 2.45. The maximum absolute atomic E-state index is 14.3. The minimum absolute atomic E-state index is 0.0368. The fourth-order valence-electron chi connectivity index (χ4n) is 4.20. The quantitative estimate of drug-likeness (QED) is 0.680. The number of hydrogen-bond acceptors (Lipinski definition) is 4. The molecule has 30 heavy (non-hydrogen) atoms. The summed E-state index contributed by atoms with van der Waals surface area (Å²) in [5.74, 6) is 0.733. The van der Waals surface area contributed by atoms with Crippen LogP contribution >= 0.6 is 0 Å². The number of benzene rings is 2. The second-order valence-corrected chi connectivity index (χ2v) is 8.56. The molecule has 1 N–H and O–H groups in total. The number of piperazine rings is 1. The van der Waals surface area contributed by atoms with E-state index >= 15 is 0 Å². The van der Waals surface area contributed by atoms with Gasteiger partial charge in [0.2, 0.25) is 5.82 Å². The van der Waals surface area contributed by atoms with E-state index in [0.29, 0.717) is 5.69 Å². The van der Waals surface area contributed by atoms with Crippen molar-refractivity contribution in [2.24, 2.45) is 0 Å². The van der Waals surface area contributed by atoms with Gasteiger partial charge < -0.3 is 9.80 Å². The van der Waals surface area contributed by atoms with Gasteiger partial charge in [-0.1, -0.05) is 49.4 Å². The molecule has 3 aromatic rings. The number of tetrazole rings is 1. The molecule has 1 atom stereocenters. The van der Waals surface area contributed by atoms with E-state index in [1.165, 1.54) is 16.5 Å². The minimum atomic E-state index is -0.166. The highest BCUT2D eigenvalue weighted by molar-refractivity contribution is 5.47. The maximum atomic E-state index is 14.3. The largest absolute Gasteiger partial charge is 0.358 e. The van der Waals surface area contributed by atoms with Gasteiger partial charge in [-0.2, -0.15) is 0 Å². The van der Waals surface area contributed by atoms with Gasteiger partial charge in [0.05, 0.1) is 37.4 Å². The molecule has 1 saturated heterocycles. The van der Waals surface area contributed by atoms with E-state index in [4.69, 9.17) is 0 Å². The molecule has 0 spiro atoms. The molecule has 0 unspecified atom stereocenters. The van der Waals surface area contributed by atoms with Crippen molar-refractivity contribution in [3.8, 4) is 0 Å². The molecule has 4 rings (SSSR count). The van der Waals surface area contributed by atoms with E-state index in [1.54, 1.807) is 6.07 Å². The molecule has 1 aliphatic rings. The van der Waals surface area contributed by atoms with Crippen LogP contribution < -0.4 is 9.80 Å². The van der Waals surface area contributed by atoms with Crippen LogP contribution in [0.1, 0.15) is 44.6 Å². The number of aromatic nitrogens is 4. The Kier molecular flexibility index (Phi) is 5.81. The van der Waals surface area contributed by atoms with Crippen molar-refractivity contribution >= 4 is 5.69 Å². The van der Waals surface area contributed by atoms with Gasteiger partial charge in [0, 0.05) is 5.56 Å². The number of para-hydroxylation sites is 1. The van der Waals surface area contributed by atoms with Crippen LogP contribution in [0.15, 0.2) is 54.6 Å².